The molecule has 0 saturated carbocycles. The molecule has 0 radical (unpaired) electrons. The summed E-state index contributed by atoms with van der Waals surface area (Å²) >= 11 is 0. The highest BCUT2D eigenvalue weighted by molar-refractivity contribution is 5.87. The zero-order valence-corrected chi connectivity index (χ0v) is 8.19. The number of ether oxygens (including phenoxy) is 1. The Morgan fingerprint density at radius 3 is 2.80 bits per heavy atom. The monoisotopic (exact) mass is 209 g/mol. The molecule has 0 aliphatic heterocycles. The van der Waals surface area contributed by atoms with Crippen molar-refractivity contribution >= 4 is 12.1 Å². The van der Waals surface area contributed by atoms with Gasteiger partial charge in [0.1, 0.15) is 0 Å². The van der Waals surface area contributed by atoms with Crippen LogP contribution >= 0.6 is 0 Å². The van der Waals surface area contributed by atoms with E-state index in [0.29, 0.717) is 5.56 Å². The first-order valence-electron chi connectivity index (χ1n) is 4.27. The van der Waals surface area contributed by atoms with Crippen LogP contribution in [-0.4, -0.2) is 24.3 Å². The van der Waals surface area contributed by atoms with E-state index in [0.717, 1.165) is 0 Å². The van der Waals surface area contributed by atoms with E-state index in [-0.39, 0.29) is 12.1 Å². The normalized spacial score (nSPS) is 9.40. The van der Waals surface area contributed by atoms with Crippen LogP contribution in [-0.2, 0) is 11.3 Å². The van der Waals surface area contributed by atoms with E-state index in [2.05, 4.69) is 10.1 Å². The lowest BCUT2D eigenvalue weighted by Crippen LogP contribution is -2.22. The van der Waals surface area contributed by atoms with Gasteiger partial charge in [0.25, 0.3) is 0 Å². The summed E-state index contributed by atoms with van der Waals surface area (Å²) in [5.74, 6) is -0.991. The highest BCUT2D eigenvalue weighted by Gasteiger charge is 2.04. The molecule has 0 fully saturated rings. The quantitative estimate of drug-likeness (QED) is 0.785. The minimum atomic E-state index is -0.991. The number of amides is 1. The molecule has 2 N–H and O–H groups in total. The first-order chi connectivity index (χ1) is 7.13. The number of carboxylic acid groups (broad SMARTS) is 1. The predicted molar refractivity (Wildman–Crippen MR) is 52.6 cm³/mol. The Morgan fingerprint density at radius 2 is 2.20 bits per heavy atom. The number of hydrogen-bond donors (Lipinski definition) is 2. The van der Waals surface area contributed by atoms with E-state index in [1.807, 2.05) is 0 Å². The third-order valence-electron chi connectivity index (χ3n) is 1.80. The zero-order valence-electron chi connectivity index (χ0n) is 8.19. The fourth-order valence-electron chi connectivity index (χ4n) is 1.06. The second-order valence-corrected chi connectivity index (χ2v) is 2.85. The average Bonchev–Trinajstić information content (AvgIpc) is 2.26. The Bertz CT molecular complexity index is 375. The van der Waals surface area contributed by atoms with Crippen molar-refractivity contribution in [1.82, 2.24) is 5.32 Å². The van der Waals surface area contributed by atoms with Crippen LogP contribution in [0.5, 0.6) is 0 Å². The Kier molecular flexibility index (Phi) is 3.68. The molecule has 0 unspecified atom stereocenters. The van der Waals surface area contributed by atoms with Gasteiger partial charge in [-0.05, 0) is 17.7 Å². The number of benzene rings is 1. The van der Waals surface area contributed by atoms with Gasteiger partial charge in [0.2, 0.25) is 0 Å². The van der Waals surface area contributed by atoms with Crippen LogP contribution in [0.25, 0.3) is 0 Å². The van der Waals surface area contributed by atoms with Crippen molar-refractivity contribution in [3.63, 3.8) is 0 Å². The SMILES string of the molecule is COC(=O)NCc1cccc(C(=O)O)c1. The maximum atomic E-state index is 10.8. The van der Waals surface area contributed by atoms with Gasteiger partial charge >= 0.3 is 12.1 Å². The summed E-state index contributed by atoms with van der Waals surface area (Å²) < 4.78 is 4.38. The molecule has 5 nitrogen and oxygen atoms in total. The average molecular weight is 209 g/mol. The molecule has 1 aromatic rings. The maximum Gasteiger partial charge on any atom is 0.407 e. The Labute approximate surface area is 86.7 Å². The number of hydrogen-bond acceptors (Lipinski definition) is 3. The fourth-order valence-corrected chi connectivity index (χ4v) is 1.06. The van der Waals surface area contributed by atoms with Crippen LogP contribution < -0.4 is 5.32 Å². The summed E-state index contributed by atoms with van der Waals surface area (Å²) in [5, 5.41) is 11.2. The molecule has 0 aliphatic carbocycles. The van der Waals surface area contributed by atoms with Crippen LogP contribution in [0.2, 0.25) is 0 Å². The largest absolute Gasteiger partial charge is 0.478 e. The molecule has 5 heteroatoms. The molecule has 1 aromatic carbocycles. The molecule has 15 heavy (non-hydrogen) atoms. The molecule has 80 valence electrons. The minimum Gasteiger partial charge on any atom is -0.478 e. The summed E-state index contributed by atoms with van der Waals surface area (Å²) in [6.45, 7) is 0.244. The van der Waals surface area contributed by atoms with Crippen molar-refractivity contribution in [2.75, 3.05) is 7.11 Å². The number of methoxy groups -OCH3 is 1. The summed E-state index contributed by atoms with van der Waals surface area (Å²) in [5.41, 5.74) is 0.902. The lowest BCUT2D eigenvalue weighted by molar-refractivity contribution is 0.0696. The summed E-state index contributed by atoms with van der Waals surface area (Å²) in [7, 11) is 1.27. The standard InChI is InChI=1S/C10H11NO4/c1-15-10(14)11-6-7-3-2-4-8(5-7)9(12)13/h2-5H,6H2,1H3,(H,11,14)(H,12,13). The molecule has 0 aromatic heterocycles. The number of carbonyl (C=O) groups is 2. The molecule has 1 rings (SSSR count). The molecule has 1 amide bonds. The third-order valence-corrected chi connectivity index (χ3v) is 1.80. The molecular weight excluding hydrogens is 198 g/mol. The van der Waals surface area contributed by atoms with Crippen LogP contribution in [0.3, 0.4) is 0 Å². The number of aromatic carboxylic acids is 1. The van der Waals surface area contributed by atoms with Crippen LogP contribution in [0.15, 0.2) is 24.3 Å². The van der Waals surface area contributed by atoms with E-state index in [1.165, 1.54) is 19.2 Å². The van der Waals surface area contributed by atoms with Gasteiger partial charge < -0.3 is 15.2 Å². The van der Waals surface area contributed by atoms with Crippen molar-refractivity contribution in [3.05, 3.63) is 35.4 Å². The number of carbonyl (C=O) groups excluding carboxylic acids is 1. The van der Waals surface area contributed by atoms with Crippen molar-refractivity contribution in [3.8, 4) is 0 Å². The molecule has 0 aliphatic rings. The number of carboxylic acids is 1. The van der Waals surface area contributed by atoms with Gasteiger partial charge in [0.15, 0.2) is 0 Å². The molecule has 0 saturated heterocycles. The van der Waals surface area contributed by atoms with Gasteiger partial charge in [0.05, 0.1) is 12.7 Å². The van der Waals surface area contributed by atoms with Gasteiger partial charge in [-0.3, -0.25) is 0 Å². The highest BCUT2D eigenvalue weighted by atomic mass is 16.5. The predicted octanol–water partition coefficient (Wildman–Crippen LogP) is 1.24. The van der Waals surface area contributed by atoms with Crippen LogP contribution in [0, 0.1) is 0 Å². The van der Waals surface area contributed by atoms with E-state index in [1.54, 1.807) is 12.1 Å². The van der Waals surface area contributed by atoms with Crippen LogP contribution in [0.4, 0.5) is 4.79 Å². The van der Waals surface area contributed by atoms with Gasteiger partial charge in [-0.15, -0.1) is 0 Å². The number of alkyl carbamates (subject to hydrolysis) is 1. The highest BCUT2D eigenvalue weighted by Crippen LogP contribution is 2.04. The van der Waals surface area contributed by atoms with Gasteiger partial charge in [0, 0.05) is 6.54 Å². The third kappa shape index (κ3) is 3.30. The van der Waals surface area contributed by atoms with E-state index < -0.39 is 12.1 Å². The van der Waals surface area contributed by atoms with E-state index >= 15 is 0 Å². The Hall–Kier alpha value is -2.04. The Balaban J connectivity index is 2.66. The zero-order chi connectivity index (χ0) is 11.3. The van der Waals surface area contributed by atoms with Crippen molar-refractivity contribution in [2.24, 2.45) is 0 Å². The summed E-state index contributed by atoms with van der Waals surface area (Å²) in [4.78, 5) is 21.4. The number of rotatable bonds is 3. The summed E-state index contributed by atoms with van der Waals surface area (Å²) in [6, 6.07) is 6.34. The first kappa shape index (κ1) is 11.0. The van der Waals surface area contributed by atoms with Gasteiger partial charge in [-0.25, -0.2) is 9.59 Å². The Morgan fingerprint density at radius 1 is 1.47 bits per heavy atom. The van der Waals surface area contributed by atoms with Gasteiger partial charge in [-0.2, -0.15) is 0 Å². The molecule has 0 heterocycles. The lowest BCUT2D eigenvalue weighted by Gasteiger charge is -2.04. The fraction of sp³-hybridized carbons (Fsp3) is 0.200. The van der Waals surface area contributed by atoms with Crippen molar-refractivity contribution in [1.29, 1.82) is 0 Å². The molecule has 0 atom stereocenters. The minimum absolute atomic E-state index is 0.194. The lowest BCUT2D eigenvalue weighted by atomic mass is 10.1. The second kappa shape index (κ2) is 4.99. The second-order valence-electron chi connectivity index (χ2n) is 2.85. The molecule has 0 spiro atoms. The van der Waals surface area contributed by atoms with E-state index in [9.17, 15) is 9.59 Å². The summed E-state index contributed by atoms with van der Waals surface area (Å²) in [6.07, 6.45) is -0.546. The maximum absolute atomic E-state index is 10.8. The van der Waals surface area contributed by atoms with Gasteiger partial charge in [-0.1, -0.05) is 12.1 Å². The molecular formula is C10H11NO4. The smallest absolute Gasteiger partial charge is 0.407 e. The van der Waals surface area contributed by atoms with Crippen molar-refractivity contribution < 1.29 is 19.4 Å². The molecule has 0 bridgehead atoms. The van der Waals surface area contributed by atoms with E-state index in [4.69, 9.17) is 5.11 Å². The van der Waals surface area contributed by atoms with Crippen LogP contribution in [0.1, 0.15) is 15.9 Å². The topological polar surface area (TPSA) is 75.6 Å². The number of nitrogens with one attached hydrogen (secondary N) is 1. The first-order valence-corrected chi connectivity index (χ1v) is 4.27. The van der Waals surface area contributed by atoms with Crippen molar-refractivity contribution in [2.45, 2.75) is 6.54 Å².